The molecular formula is C11H14ClNOS. The lowest BCUT2D eigenvalue weighted by atomic mass is 10.2. The monoisotopic (exact) mass is 243 g/mol. The maximum absolute atomic E-state index is 11.6. The van der Waals surface area contributed by atoms with Gasteiger partial charge in [-0.3, -0.25) is 4.79 Å². The van der Waals surface area contributed by atoms with E-state index in [1.807, 2.05) is 13.0 Å². The third-order valence-electron chi connectivity index (χ3n) is 2.07. The topological polar surface area (TPSA) is 29.1 Å². The van der Waals surface area contributed by atoms with Gasteiger partial charge in [0.2, 0.25) is 0 Å². The van der Waals surface area contributed by atoms with Crippen LogP contribution in [-0.2, 0) is 6.42 Å². The first-order valence-corrected chi connectivity index (χ1v) is 5.94. The first-order chi connectivity index (χ1) is 7.04. The Morgan fingerprint density at radius 3 is 2.80 bits per heavy atom. The van der Waals surface area contributed by atoms with E-state index >= 15 is 0 Å². The molecule has 15 heavy (non-hydrogen) atoms. The number of amides is 1. The van der Waals surface area contributed by atoms with Crippen LogP contribution in [0.15, 0.2) is 17.7 Å². The highest BCUT2D eigenvalue weighted by Crippen LogP contribution is 2.21. The molecule has 1 rings (SSSR count). The summed E-state index contributed by atoms with van der Waals surface area (Å²) in [6.07, 6.45) is 0.956. The summed E-state index contributed by atoms with van der Waals surface area (Å²) in [7, 11) is 0. The highest BCUT2D eigenvalue weighted by molar-refractivity contribution is 7.14. The van der Waals surface area contributed by atoms with Crippen molar-refractivity contribution in [2.75, 3.05) is 6.54 Å². The van der Waals surface area contributed by atoms with Gasteiger partial charge in [0.05, 0.1) is 11.4 Å². The molecule has 0 radical (unpaired) electrons. The van der Waals surface area contributed by atoms with Crippen molar-refractivity contribution >= 4 is 28.8 Å². The second-order valence-electron chi connectivity index (χ2n) is 3.25. The summed E-state index contributed by atoms with van der Waals surface area (Å²) in [6, 6.07) is 1.94. The van der Waals surface area contributed by atoms with E-state index in [2.05, 4.69) is 18.8 Å². The zero-order valence-corrected chi connectivity index (χ0v) is 10.5. The summed E-state index contributed by atoms with van der Waals surface area (Å²) in [4.78, 5) is 13.6. The summed E-state index contributed by atoms with van der Waals surface area (Å²) in [5.74, 6) is -0.0791. The Kier molecular flexibility index (Phi) is 4.36. The van der Waals surface area contributed by atoms with E-state index in [1.54, 1.807) is 0 Å². The molecule has 0 aromatic carbocycles. The highest BCUT2D eigenvalue weighted by Gasteiger charge is 2.10. The average Bonchev–Trinajstić information content (AvgIpc) is 2.56. The fraction of sp³-hybridized carbons (Fsp3) is 0.364. The molecule has 0 aliphatic rings. The zero-order chi connectivity index (χ0) is 11.4. The molecule has 0 saturated heterocycles. The summed E-state index contributed by atoms with van der Waals surface area (Å²) >= 11 is 7.08. The number of carbonyl (C=O) groups is 1. The molecule has 0 bridgehead atoms. The first kappa shape index (κ1) is 12.3. The van der Waals surface area contributed by atoms with Crippen LogP contribution in [0.3, 0.4) is 0 Å². The lowest BCUT2D eigenvalue weighted by Gasteiger charge is -2.00. The largest absolute Gasteiger partial charge is 0.346 e. The molecule has 2 nitrogen and oxygen atoms in total. The van der Waals surface area contributed by atoms with Crippen molar-refractivity contribution in [3.63, 3.8) is 0 Å². The second kappa shape index (κ2) is 5.33. The maximum atomic E-state index is 11.6. The molecule has 1 aromatic rings. The molecule has 1 amide bonds. The van der Waals surface area contributed by atoms with E-state index in [9.17, 15) is 4.79 Å². The molecule has 82 valence electrons. The van der Waals surface area contributed by atoms with Gasteiger partial charge in [-0.2, -0.15) is 0 Å². The van der Waals surface area contributed by atoms with Crippen LogP contribution in [0.2, 0.25) is 0 Å². The third kappa shape index (κ3) is 3.36. The van der Waals surface area contributed by atoms with Gasteiger partial charge in [-0.1, -0.05) is 25.1 Å². The van der Waals surface area contributed by atoms with Gasteiger partial charge in [0.25, 0.3) is 5.91 Å². The number of rotatable bonds is 4. The lowest BCUT2D eigenvalue weighted by molar-refractivity contribution is 0.0961. The molecule has 1 heterocycles. The van der Waals surface area contributed by atoms with Crippen molar-refractivity contribution in [2.45, 2.75) is 20.3 Å². The van der Waals surface area contributed by atoms with Gasteiger partial charge >= 0.3 is 0 Å². The number of carbonyl (C=O) groups excluding carboxylic acids is 1. The molecule has 0 aliphatic heterocycles. The summed E-state index contributed by atoms with van der Waals surface area (Å²) in [6.45, 7) is 7.94. The van der Waals surface area contributed by atoms with Crippen LogP contribution < -0.4 is 5.32 Å². The number of thiophene rings is 1. The van der Waals surface area contributed by atoms with Crippen LogP contribution >= 0.6 is 22.9 Å². The van der Waals surface area contributed by atoms with E-state index in [0.717, 1.165) is 11.3 Å². The van der Waals surface area contributed by atoms with Crippen molar-refractivity contribution < 1.29 is 4.79 Å². The van der Waals surface area contributed by atoms with E-state index < -0.39 is 0 Å². The quantitative estimate of drug-likeness (QED) is 0.865. The Hall–Kier alpha value is -0.800. The molecule has 1 aromatic heterocycles. The van der Waals surface area contributed by atoms with Gasteiger partial charge in [0, 0.05) is 9.91 Å². The Morgan fingerprint density at radius 1 is 1.67 bits per heavy atom. The molecular weight excluding hydrogens is 230 g/mol. The van der Waals surface area contributed by atoms with Gasteiger partial charge in [0.1, 0.15) is 0 Å². The van der Waals surface area contributed by atoms with Crippen molar-refractivity contribution in [3.8, 4) is 0 Å². The van der Waals surface area contributed by atoms with Crippen LogP contribution in [0.4, 0.5) is 0 Å². The van der Waals surface area contributed by atoms with Crippen molar-refractivity contribution in [1.82, 2.24) is 5.32 Å². The predicted octanol–water partition coefficient (Wildman–Crippen LogP) is 3.10. The van der Waals surface area contributed by atoms with Crippen LogP contribution in [-0.4, -0.2) is 12.5 Å². The normalized spacial score (nSPS) is 10.1. The number of nitrogens with one attached hydrogen (secondary N) is 1. The van der Waals surface area contributed by atoms with Crippen LogP contribution in [0.25, 0.3) is 0 Å². The highest BCUT2D eigenvalue weighted by atomic mass is 35.5. The predicted molar refractivity (Wildman–Crippen MR) is 65.8 cm³/mol. The van der Waals surface area contributed by atoms with Gasteiger partial charge in [-0.25, -0.2) is 0 Å². The maximum Gasteiger partial charge on any atom is 0.261 e. The molecule has 0 unspecified atom stereocenters. The van der Waals surface area contributed by atoms with Gasteiger partial charge < -0.3 is 5.32 Å². The van der Waals surface area contributed by atoms with Crippen LogP contribution in [0.1, 0.15) is 27.0 Å². The van der Waals surface area contributed by atoms with Gasteiger partial charge in [-0.15, -0.1) is 11.3 Å². The molecule has 0 spiro atoms. The summed E-state index contributed by atoms with van der Waals surface area (Å²) in [5, 5.41) is 3.14. The molecule has 1 N–H and O–H groups in total. The van der Waals surface area contributed by atoms with E-state index in [0.29, 0.717) is 11.6 Å². The Balaban J connectivity index is 2.69. The molecule has 4 heteroatoms. The average molecular weight is 244 g/mol. The second-order valence-corrected chi connectivity index (χ2v) is 5.04. The number of hydrogen-bond acceptors (Lipinski definition) is 2. The van der Waals surface area contributed by atoms with Crippen LogP contribution in [0.5, 0.6) is 0 Å². The van der Waals surface area contributed by atoms with Gasteiger partial charge in [0.15, 0.2) is 0 Å². The lowest BCUT2D eigenvalue weighted by Crippen LogP contribution is -2.23. The minimum absolute atomic E-state index is 0.0791. The van der Waals surface area contributed by atoms with E-state index in [1.165, 1.54) is 21.8 Å². The number of aryl methyl sites for hydroxylation is 2. The summed E-state index contributed by atoms with van der Waals surface area (Å²) in [5.41, 5.74) is 1.23. The fourth-order valence-corrected chi connectivity index (χ4v) is 2.34. The molecule has 0 saturated carbocycles. The minimum atomic E-state index is -0.0791. The molecule has 0 fully saturated rings. The Bertz CT molecular complexity index is 384. The van der Waals surface area contributed by atoms with Crippen LogP contribution in [0, 0.1) is 6.92 Å². The third-order valence-corrected chi connectivity index (χ3v) is 3.29. The van der Waals surface area contributed by atoms with Crippen molar-refractivity contribution in [1.29, 1.82) is 0 Å². The Labute approximate surface area is 99.0 Å². The first-order valence-electron chi connectivity index (χ1n) is 4.75. The molecule has 0 atom stereocenters. The minimum Gasteiger partial charge on any atom is -0.346 e. The smallest absolute Gasteiger partial charge is 0.261 e. The summed E-state index contributed by atoms with van der Waals surface area (Å²) < 4.78 is 0. The number of hydrogen-bond donors (Lipinski definition) is 1. The Morgan fingerprint density at radius 2 is 2.33 bits per heavy atom. The van der Waals surface area contributed by atoms with Crippen molar-refractivity contribution in [3.05, 3.63) is 33.0 Å². The standard InChI is InChI=1S/C11H14ClNOS/c1-4-9-5-10(15-8(9)3)11(14)13-6-7(2)12/h5H,2,4,6H2,1,3H3,(H,13,14). The molecule has 0 aliphatic carbocycles. The van der Waals surface area contributed by atoms with Gasteiger partial charge in [-0.05, 0) is 25.0 Å². The fourth-order valence-electron chi connectivity index (χ4n) is 1.25. The van der Waals surface area contributed by atoms with E-state index in [-0.39, 0.29) is 5.91 Å². The zero-order valence-electron chi connectivity index (χ0n) is 8.89. The SMILES string of the molecule is C=C(Cl)CNC(=O)c1cc(CC)c(C)s1. The number of halogens is 1. The van der Waals surface area contributed by atoms with Crippen molar-refractivity contribution in [2.24, 2.45) is 0 Å². The van der Waals surface area contributed by atoms with E-state index in [4.69, 9.17) is 11.6 Å².